The maximum atomic E-state index is 12.8. The van der Waals surface area contributed by atoms with Crippen molar-refractivity contribution in [2.45, 2.75) is 30.8 Å². The number of anilines is 3. The number of aromatic nitrogens is 3. The number of thiazole rings is 1. The monoisotopic (exact) mass is 424 g/mol. The average Bonchev–Trinajstić information content (AvgIpc) is 3.22. The minimum absolute atomic E-state index is 0.0191. The quantitative estimate of drug-likeness (QED) is 0.619. The van der Waals surface area contributed by atoms with E-state index in [1.807, 2.05) is 5.38 Å². The number of rotatable bonds is 3. The Morgan fingerprint density at radius 3 is 3.00 bits per heavy atom. The second-order valence-corrected chi connectivity index (χ2v) is 9.34. The normalized spacial score (nSPS) is 17.6. The average molecular weight is 425 g/mol. The first-order chi connectivity index (χ1) is 14.0. The summed E-state index contributed by atoms with van der Waals surface area (Å²) in [6, 6.07) is 6.38. The lowest BCUT2D eigenvalue weighted by Crippen LogP contribution is -2.42. The van der Waals surface area contributed by atoms with E-state index >= 15 is 0 Å². The minimum atomic E-state index is -0.108. The first kappa shape index (κ1) is 18.5. The SMILES string of the molecule is CC1(C)NCCc2cc(Nc3ncc4c(n3)SCN(c3nccs3)C4=O)ccc21. The van der Waals surface area contributed by atoms with Crippen LogP contribution in [-0.4, -0.2) is 33.3 Å². The van der Waals surface area contributed by atoms with Gasteiger partial charge in [0.05, 0.1) is 11.4 Å². The summed E-state index contributed by atoms with van der Waals surface area (Å²) in [6.07, 6.45) is 4.30. The van der Waals surface area contributed by atoms with Gasteiger partial charge in [-0.2, -0.15) is 0 Å². The molecular weight excluding hydrogens is 404 g/mol. The van der Waals surface area contributed by atoms with Crippen LogP contribution >= 0.6 is 23.1 Å². The number of carbonyl (C=O) groups excluding carboxylic acids is 1. The van der Waals surface area contributed by atoms with Crippen LogP contribution in [0.25, 0.3) is 0 Å². The fourth-order valence-electron chi connectivity index (χ4n) is 3.73. The smallest absolute Gasteiger partial charge is 0.265 e. The van der Waals surface area contributed by atoms with Crippen molar-refractivity contribution in [2.75, 3.05) is 22.6 Å². The lowest BCUT2D eigenvalue weighted by molar-refractivity contribution is 0.0985. The Labute approximate surface area is 177 Å². The zero-order valence-electron chi connectivity index (χ0n) is 16.1. The molecule has 0 spiro atoms. The number of amides is 1. The summed E-state index contributed by atoms with van der Waals surface area (Å²) in [5.74, 6) is 0.889. The van der Waals surface area contributed by atoms with Crippen LogP contribution in [0.4, 0.5) is 16.8 Å². The number of thioether (sulfide) groups is 1. The van der Waals surface area contributed by atoms with Crippen LogP contribution in [-0.2, 0) is 12.0 Å². The third kappa shape index (κ3) is 3.39. The highest BCUT2D eigenvalue weighted by atomic mass is 32.2. The van der Waals surface area contributed by atoms with Gasteiger partial charge in [-0.3, -0.25) is 9.69 Å². The van der Waals surface area contributed by atoms with Crippen molar-refractivity contribution >= 4 is 45.8 Å². The van der Waals surface area contributed by atoms with E-state index in [1.54, 1.807) is 17.3 Å². The zero-order valence-corrected chi connectivity index (χ0v) is 17.7. The van der Waals surface area contributed by atoms with Crippen molar-refractivity contribution < 1.29 is 4.79 Å². The number of benzene rings is 1. The second-order valence-electron chi connectivity index (χ2n) is 7.53. The highest BCUT2D eigenvalue weighted by Gasteiger charge is 2.30. The summed E-state index contributed by atoms with van der Waals surface area (Å²) >= 11 is 2.97. The molecule has 2 aliphatic heterocycles. The molecule has 5 rings (SSSR count). The van der Waals surface area contributed by atoms with Crippen molar-refractivity contribution in [2.24, 2.45) is 0 Å². The fraction of sp³-hybridized carbons (Fsp3) is 0.300. The molecular formula is C20H20N6OS2. The van der Waals surface area contributed by atoms with E-state index in [1.165, 1.54) is 34.2 Å². The van der Waals surface area contributed by atoms with Crippen LogP contribution in [0, 0.1) is 0 Å². The van der Waals surface area contributed by atoms with E-state index in [0.717, 1.165) is 18.7 Å². The van der Waals surface area contributed by atoms with Crippen molar-refractivity contribution in [1.82, 2.24) is 20.3 Å². The molecule has 2 aromatic heterocycles. The maximum absolute atomic E-state index is 12.8. The van der Waals surface area contributed by atoms with E-state index in [4.69, 9.17) is 0 Å². The highest BCUT2D eigenvalue weighted by molar-refractivity contribution is 7.99. The van der Waals surface area contributed by atoms with Crippen molar-refractivity contribution in [3.05, 3.63) is 52.7 Å². The van der Waals surface area contributed by atoms with Gasteiger partial charge in [-0.1, -0.05) is 17.8 Å². The van der Waals surface area contributed by atoms with E-state index in [-0.39, 0.29) is 11.4 Å². The molecule has 2 N–H and O–H groups in total. The number of fused-ring (bicyclic) bond motifs is 2. The van der Waals surface area contributed by atoms with Crippen molar-refractivity contribution in [3.8, 4) is 0 Å². The van der Waals surface area contributed by atoms with Crippen LogP contribution in [0.15, 0.2) is 41.0 Å². The summed E-state index contributed by atoms with van der Waals surface area (Å²) in [5, 5.41) is 10.1. The molecule has 0 radical (unpaired) electrons. The van der Waals surface area contributed by atoms with Crippen LogP contribution in [0.1, 0.15) is 35.3 Å². The van der Waals surface area contributed by atoms with Gasteiger partial charge in [0.15, 0.2) is 5.13 Å². The molecule has 29 heavy (non-hydrogen) atoms. The molecule has 0 saturated carbocycles. The molecule has 0 saturated heterocycles. The molecule has 0 bridgehead atoms. The number of hydrogen-bond acceptors (Lipinski definition) is 8. The second kappa shape index (κ2) is 7.08. The summed E-state index contributed by atoms with van der Waals surface area (Å²) < 4.78 is 0. The third-order valence-electron chi connectivity index (χ3n) is 5.21. The standard InChI is InChI=1S/C20H20N6OS2/c1-20(2)15-4-3-13(9-12(15)5-6-23-20)24-18-22-10-14-16(25-18)29-11-26(17(14)27)19-21-7-8-28-19/h3-4,7-10,23H,5-6,11H2,1-2H3,(H,22,24,25). The molecule has 1 amide bonds. The van der Waals surface area contributed by atoms with E-state index in [2.05, 4.69) is 57.6 Å². The molecule has 9 heteroatoms. The zero-order chi connectivity index (χ0) is 20.0. The number of carbonyl (C=O) groups is 1. The molecule has 0 aliphatic carbocycles. The predicted molar refractivity (Wildman–Crippen MR) is 116 cm³/mol. The van der Waals surface area contributed by atoms with E-state index in [0.29, 0.717) is 27.5 Å². The van der Waals surface area contributed by atoms with E-state index < -0.39 is 0 Å². The van der Waals surface area contributed by atoms with Crippen LogP contribution in [0.5, 0.6) is 0 Å². The molecule has 3 aromatic rings. The van der Waals surface area contributed by atoms with Crippen LogP contribution in [0.2, 0.25) is 0 Å². The predicted octanol–water partition coefficient (Wildman–Crippen LogP) is 3.77. The van der Waals surface area contributed by atoms with Crippen LogP contribution < -0.4 is 15.5 Å². The van der Waals surface area contributed by atoms with Gasteiger partial charge in [0.1, 0.15) is 5.03 Å². The molecule has 0 fully saturated rings. The number of hydrogen-bond donors (Lipinski definition) is 2. The van der Waals surface area contributed by atoms with Gasteiger partial charge >= 0.3 is 0 Å². The summed E-state index contributed by atoms with van der Waals surface area (Å²) in [7, 11) is 0. The molecule has 7 nitrogen and oxygen atoms in total. The molecule has 148 valence electrons. The summed E-state index contributed by atoms with van der Waals surface area (Å²) in [5.41, 5.74) is 4.11. The third-order valence-corrected chi connectivity index (χ3v) is 6.97. The molecule has 0 atom stereocenters. The number of nitrogens with zero attached hydrogens (tertiary/aromatic N) is 4. The largest absolute Gasteiger partial charge is 0.324 e. The Morgan fingerprint density at radius 1 is 1.28 bits per heavy atom. The highest BCUT2D eigenvalue weighted by Crippen LogP contribution is 2.34. The van der Waals surface area contributed by atoms with Crippen LogP contribution in [0.3, 0.4) is 0 Å². The molecule has 2 aliphatic rings. The van der Waals surface area contributed by atoms with Crippen molar-refractivity contribution in [1.29, 1.82) is 0 Å². The van der Waals surface area contributed by atoms with Gasteiger partial charge in [-0.25, -0.2) is 15.0 Å². The van der Waals surface area contributed by atoms with Gasteiger partial charge in [0.25, 0.3) is 5.91 Å². The minimum Gasteiger partial charge on any atom is -0.324 e. The van der Waals surface area contributed by atoms with Gasteiger partial charge in [-0.15, -0.1) is 11.3 Å². The Bertz CT molecular complexity index is 1080. The molecule has 4 heterocycles. The van der Waals surface area contributed by atoms with Gasteiger partial charge in [-0.05, 0) is 50.1 Å². The summed E-state index contributed by atoms with van der Waals surface area (Å²) in [6.45, 7) is 5.37. The topological polar surface area (TPSA) is 83.0 Å². The van der Waals surface area contributed by atoms with E-state index in [9.17, 15) is 4.79 Å². The molecule has 0 unspecified atom stereocenters. The lowest BCUT2D eigenvalue weighted by Gasteiger charge is -2.34. The Morgan fingerprint density at radius 2 is 2.17 bits per heavy atom. The van der Waals surface area contributed by atoms with Gasteiger partial charge in [0.2, 0.25) is 5.95 Å². The number of nitrogens with one attached hydrogen (secondary N) is 2. The van der Waals surface area contributed by atoms with Crippen molar-refractivity contribution in [3.63, 3.8) is 0 Å². The first-order valence-corrected chi connectivity index (χ1v) is 11.2. The Kier molecular flexibility index (Phi) is 4.53. The fourth-order valence-corrected chi connectivity index (χ4v) is 5.39. The maximum Gasteiger partial charge on any atom is 0.265 e. The molecule has 1 aromatic carbocycles. The Balaban J connectivity index is 1.38. The Hall–Kier alpha value is -2.49. The first-order valence-electron chi connectivity index (χ1n) is 9.38. The van der Waals surface area contributed by atoms with Gasteiger partial charge in [0, 0.05) is 29.0 Å². The summed E-state index contributed by atoms with van der Waals surface area (Å²) in [4.78, 5) is 27.6. The van der Waals surface area contributed by atoms with Gasteiger partial charge < -0.3 is 10.6 Å². The lowest BCUT2D eigenvalue weighted by atomic mass is 9.85.